The number of nitro groups is 1. The summed E-state index contributed by atoms with van der Waals surface area (Å²) < 4.78 is 16.8. The molecule has 1 aliphatic heterocycles. The van der Waals surface area contributed by atoms with Crippen LogP contribution < -0.4 is 19.1 Å². The molecular formula is C21H22N4O6S. The van der Waals surface area contributed by atoms with Crippen LogP contribution in [-0.4, -0.2) is 68.2 Å². The largest absolute Gasteiger partial charge is 0.493 e. The Kier molecular flexibility index (Phi) is 5.99. The molecule has 168 valence electrons. The van der Waals surface area contributed by atoms with Gasteiger partial charge in [0.15, 0.2) is 16.6 Å². The molecular weight excluding hydrogens is 436 g/mol. The van der Waals surface area contributed by atoms with Crippen molar-refractivity contribution in [3.05, 3.63) is 46.0 Å². The number of hydrogen-bond donors (Lipinski definition) is 0. The van der Waals surface area contributed by atoms with Crippen molar-refractivity contribution >= 4 is 38.3 Å². The Hall–Kier alpha value is -3.60. The molecule has 2 heterocycles. The Morgan fingerprint density at radius 1 is 1.03 bits per heavy atom. The molecule has 1 aliphatic rings. The first kappa shape index (κ1) is 21.6. The Bertz CT molecular complexity index is 1150. The van der Waals surface area contributed by atoms with E-state index in [1.807, 2.05) is 0 Å². The number of benzene rings is 2. The minimum absolute atomic E-state index is 0.0495. The van der Waals surface area contributed by atoms with E-state index in [0.717, 1.165) is 15.3 Å². The number of carbonyl (C=O) groups is 1. The maximum Gasteiger partial charge on any atom is 0.270 e. The standard InChI is InChI=1S/C21H22N4O6S/c1-29-16-10-13(11-17(30-2)19(16)31-3)20(26)23-6-8-24(9-7-23)21-22-15-5-4-14(25(27)28)12-18(15)32-21/h4-5,10-12H,6-9H2,1-3H3. The van der Waals surface area contributed by atoms with Gasteiger partial charge in [0.25, 0.3) is 11.6 Å². The highest BCUT2D eigenvalue weighted by Gasteiger charge is 2.26. The number of carbonyl (C=O) groups excluding carboxylic acids is 1. The molecule has 3 aromatic rings. The number of nitrogens with zero attached hydrogens (tertiary/aromatic N) is 4. The van der Waals surface area contributed by atoms with Crippen LogP contribution in [0.5, 0.6) is 17.2 Å². The molecule has 1 amide bonds. The van der Waals surface area contributed by atoms with Gasteiger partial charge >= 0.3 is 0 Å². The minimum Gasteiger partial charge on any atom is -0.493 e. The number of non-ortho nitro benzene ring substituents is 1. The van der Waals surface area contributed by atoms with Gasteiger partial charge < -0.3 is 24.0 Å². The molecule has 0 aliphatic carbocycles. The fourth-order valence-corrected chi connectivity index (χ4v) is 4.69. The van der Waals surface area contributed by atoms with Gasteiger partial charge in [0, 0.05) is 43.9 Å². The Labute approximate surface area is 188 Å². The number of hydrogen-bond acceptors (Lipinski definition) is 9. The second kappa shape index (κ2) is 8.87. The molecule has 0 bridgehead atoms. The van der Waals surface area contributed by atoms with E-state index in [2.05, 4.69) is 9.88 Å². The van der Waals surface area contributed by atoms with Gasteiger partial charge in [-0.05, 0) is 18.2 Å². The third-order valence-corrected chi connectivity index (χ3v) is 6.40. The molecule has 0 atom stereocenters. The SMILES string of the molecule is COc1cc(C(=O)N2CCN(c3nc4ccc([N+](=O)[O-])cc4s3)CC2)cc(OC)c1OC. The summed E-state index contributed by atoms with van der Waals surface area (Å²) in [5.74, 6) is 1.17. The van der Waals surface area contributed by atoms with Crippen molar-refractivity contribution in [1.82, 2.24) is 9.88 Å². The summed E-state index contributed by atoms with van der Waals surface area (Å²) in [6, 6.07) is 7.96. The van der Waals surface area contributed by atoms with Crippen molar-refractivity contribution in [2.24, 2.45) is 0 Å². The summed E-state index contributed by atoms with van der Waals surface area (Å²) in [7, 11) is 4.54. The number of amides is 1. The molecule has 2 aromatic carbocycles. The molecule has 0 N–H and O–H groups in total. The molecule has 0 radical (unpaired) electrons. The number of thiazole rings is 1. The zero-order valence-electron chi connectivity index (χ0n) is 17.9. The minimum atomic E-state index is -0.410. The fourth-order valence-electron chi connectivity index (χ4n) is 3.64. The van der Waals surface area contributed by atoms with Crippen LogP contribution in [0.2, 0.25) is 0 Å². The zero-order chi connectivity index (χ0) is 22.8. The number of nitro benzene ring substituents is 1. The highest BCUT2D eigenvalue weighted by atomic mass is 32.1. The number of fused-ring (bicyclic) bond motifs is 1. The molecule has 1 aromatic heterocycles. The van der Waals surface area contributed by atoms with Crippen molar-refractivity contribution in [3.8, 4) is 17.2 Å². The van der Waals surface area contributed by atoms with E-state index in [-0.39, 0.29) is 11.6 Å². The molecule has 11 heteroatoms. The van der Waals surface area contributed by atoms with Crippen LogP contribution in [0.3, 0.4) is 0 Å². The van der Waals surface area contributed by atoms with Crippen LogP contribution in [-0.2, 0) is 0 Å². The fraction of sp³-hybridized carbons (Fsp3) is 0.333. The number of piperazine rings is 1. The first-order valence-electron chi connectivity index (χ1n) is 9.84. The zero-order valence-corrected chi connectivity index (χ0v) is 18.7. The first-order valence-corrected chi connectivity index (χ1v) is 10.7. The second-order valence-corrected chi connectivity index (χ2v) is 8.11. The van der Waals surface area contributed by atoms with Gasteiger partial charge in [-0.25, -0.2) is 4.98 Å². The molecule has 0 unspecified atom stereocenters. The summed E-state index contributed by atoms with van der Waals surface area (Å²) in [6.07, 6.45) is 0. The molecule has 32 heavy (non-hydrogen) atoms. The summed E-state index contributed by atoms with van der Waals surface area (Å²) in [5, 5.41) is 11.8. The van der Waals surface area contributed by atoms with Crippen LogP contribution in [0.4, 0.5) is 10.8 Å². The smallest absolute Gasteiger partial charge is 0.270 e. The average molecular weight is 458 g/mol. The highest BCUT2D eigenvalue weighted by Crippen LogP contribution is 2.38. The lowest BCUT2D eigenvalue weighted by molar-refractivity contribution is -0.384. The van der Waals surface area contributed by atoms with Crippen LogP contribution in [0.25, 0.3) is 10.2 Å². The Morgan fingerprint density at radius 2 is 1.69 bits per heavy atom. The van der Waals surface area contributed by atoms with Gasteiger partial charge in [-0.2, -0.15) is 0 Å². The molecule has 10 nitrogen and oxygen atoms in total. The predicted molar refractivity (Wildman–Crippen MR) is 120 cm³/mol. The van der Waals surface area contributed by atoms with Crippen LogP contribution in [0.1, 0.15) is 10.4 Å². The van der Waals surface area contributed by atoms with Crippen molar-refractivity contribution in [2.75, 3.05) is 52.4 Å². The number of rotatable bonds is 6. The van der Waals surface area contributed by atoms with Crippen LogP contribution in [0, 0.1) is 10.1 Å². The van der Waals surface area contributed by atoms with Gasteiger partial charge in [-0.1, -0.05) is 11.3 Å². The quantitative estimate of drug-likeness (QED) is 0.409. The van der Waals surface area contributed by atoms with E-state index >= 15 is 0 Å². The average Bonchev–Trinajstić information content (AvgIpc) is 3.26. The Morgan fingerprint density at radius 3 is 2.25 bits per heavy atom. The lowest BCUT2D eigenvalue weighted by Gasteiger charge is -2.34. The summed E-state index contributed by atoms with van der Waals surface area (Å²) >= 11 is 1.42. The van der Waals surface area contributed by atoms with Crippen LogP contribution in [0.15, 0.2) is 30.3 Å². The predicted octanol–water partition coefficient (Wildman–Crippen LogP) is 3.19. The maximum absolute atomic E-state index is 13.1. The van der Waals surface area contributed by atoms with Gasteiger partial charge in [-0.15, -0.1) is 0 Å². The molecule has 1 fully saturated rings. The summed E-state index contributed by atoms with van der Waals surface area (Å²) in [6.45, 7) is 2.26. The number of anilines is 1. The maximum atomic E-state index is 13.1. The van der Waals surface area contributed by atoms with E-state index < -0.39 is 4.92 Å². The molecule has 0 spiro atoms. The molecule has 4 rings (SSSR count). The van der Waals surface area contributed by atoms with Crippen LogP contribution >= 0.6 is 11.3 Å². The number of ether oxygens (including phenoxy) is 3. The van der Waals surface area contributed by atoms with Crippen molar-refractivity contribution in [3.63, 3.8) is 0 Å². The van der Waals surface area contributed by atoms with Crippen molar-refractivity contribution in [2.45, 2.75) is 0 Å². The lowest BCUT2D eigenvalue weighted by atomic mass is 10.1. The van der Waals surface area contributed by atoms with Gasteiger partial charge in [0.1, 0.15) is 0 Å². The third kappa shape index (κ3) is 3.98. The van der Waals surface area contributed by atoms with E-state index in [1.54, 1.807) is 29.2 Å². The van der Waals surface area contributed by atoms with Crippen molar-refractivity contribution in [1.29, 1.82) is 0 Å². The van der Waals surface area contributed by atoms with Gasteiger partial charge in [0.2, 0.25) is 5.75 Å². The monoisotopic (exact) mass is 458 g/mol. The second-order valence-electron chi connectivity index (χ2n) is 7.10. The van der Waals surface area contributed by atoms with Gasteiger partial charge in [0.05, 0.1) is 36.5 Å². The van der Waals surface area contributed by atoms with E-state index in [4.69, 9.17) is 14.2 Å². The number of aromatic nitrogens is 1. The first-order chi connectivity index (χ1) is 15.4. The molecule has 0 saturated carbocycles. The highest BCUT2D eigenvalue weighted by molar-refractivity contribution is 7.22. The van der Waals surface area contributed by atoms with E-state index in [9.17, 15) is 14.9 Å². The van der Waals surface area contributed by atoms with E-state index in [0.29, 0.717) is 49.0 Å². The lowest BCUT2D eigenvalue weighted by Crippen LogP contribution is -2.48. The van der Waals surface area contributed by atoms with E-state index in [1.165, 1.54) is 38.7 Å². The summed E-state index contributed by atoms with van der Waals surface area (Å²) in [4.78, 5) is 32.2. The third-order valence-electron chi connectivity index (χ3n) is 5.32. The molecule has 1 saturated heterocycles. The number of methoxy groups -OCH3 is 3. The topological polar surface area (TPSA) is 107 Å². The van der Waals surface area contributed by atoms with Gasteiger partial charge in [-0.3, -0.25) is 14.9 Å². The van der Waals surface area contributed by atoms with Crippen molar-refractivity contribution < 1.29 is 23.9 Å². The normalized spacial score (nSPS) is 13.8. The Balaban J connectivity index is 1.48. The summed E-state index contributed by atoms with van der Waals surface area (Å²) in [5.41, 5.74) is 1.24.